The Bertz CT molecular complexity index is 623. The highest BCUT2D eigenvalue weighted by Gasteiger charge is 2.10. The topological polar surface area (TPSA) is 20.3 Å². The van der Waals surface area contributed by atoms with Crippen LogP contribution in [0.4, 0.5) is 5.69 Å². The number of carbonyl (C=O) groups excluding carboxylic acids is 1. The van der Waals surface area contributed by atoms with Crippen molar-refractivity contribution < 1.29 is 4.79 Å². The highest BCUT2D eigenvalue weighted by molar-refractivity contribution is 6.05. The quantitative estimate of drug-likeness (QED) is 0.773. The molecule has 1 amide bonds. The van der Waals surface area contributed by atoms with Gasteiger partial charge in [-0.3, -0.25) is 9.69 Å². The van der Waals surface area contributed by atoms with Crippen molar-refractivity contribution in [1.29, 1.82) is 0 Å². The van der Waals surface area contributed by atoms with E-state index in [1.54, 1.807) is 4.90 Å². The maximum Gasteiger partial charge on any atom is 0.302 e. The van der Waals surface area contributed by atoms with Gasteiger partial charge in [0.25, 0.3) is 0 Å². The number of rotatable bonds is 4. The molecule has 0 aliphatic rings. The van der Waals surface area contributed by atoms with Crippen LogP contribution >= 0.6 is 0 Å². The van der Waals surface area contributed by atoms with Crippen molar-refractivity contribution in [3.63, 3.8) is 0 Å². The van der Waals surface area contributed by atoms with Gasteiger partial charge < -0.3 is 0 Å². The maximum absolute atomic E-state index is 11.8. The van der Waals surface area contributed by atoms with E-state index in [1.807, 2.05) is 72.8 Å². The Hall–Kier alpha value is -2.79. The first-order chi connectivity index (χ1) is 9.81. The van der Waals surface area contributed by atoms with Crippen molar-refractivity contribution >= 4 is 17.7 Å². The van der Waals surface area contributed by atoms with E-state index in [-0.39, 0.29) is 5.91 Å². The van der Waals surface area contributed by atoms with Crippen LogP contribution in [-0.4, -0.2) is 12.5 Å². The molecule has 0 saturated carbocycles. The largest absolute Gasteiger partial charge is 0.302 e. The highest BCUT2D eigenvalue weighted by atomic mass is 16.2. The van der Waals surface area contributed by atoms with Crippen LogP contribution in [-0.2, 0) is 4.79 Å². The van der Waals surface area contributed by atoms with E-state index in [4.69, 9.17) is 6.42 Å². The van der Waals surface area contributed by atoms with Gasteiger partial charge in [0.15, 0.2) is 0 Å². The fraction of sp³-hybridized carbons (Fsp3) is 0.0556. The second-order valence-electron chi connectivity index (χ2n) is 4.21. The predicted octanol–water partition coefficient (Wildman–Crippen LogP) is 3.37. The maximum atomic E-state index is 11.8. The smallest absolute Gasteiger partial charge is 0.298 e. The Morgan fingerprint density at radius 2 is 1.65 bits per heavy atom. The molecule has 98 valence electrons. The lowest BCUT2D eigenvalue weighted by atomic mass is 10.2. The van der Waals surface area contributed by atoms with Crippen molar-refractivity contribution in [3.05, 3.63) is 72.3 Å². The Kier molecular flexibility index (Phi) is 4.75. The molecule has 0 aliphatic heterocycles. The van der Waals surface area contributed by atoms with Crippen molar-refractivity contribution in [2.75, 3.05) is 11.4 Å². The first-order valence-electron chi connectivity index (χ1n) is 6.36. The molecule has 0 fully saturated rings. The third kappa shape index (κ3) is 3.60. The molecular weight excluding hydrogens is 246 g/mol. The van der Waals surface area contributed by atoms with Gasteiger partial charge in [-0.05, 0) is 23.6 Å². The molecule has 2 aromatic rings. The summed E-state index contributed by atoms with van der Waals surface area (Å²) in [5.41, 5.74) is 1.89. The first-order valence-corrected chi connectivity index (χ1v) is 6.36. The molecule has 0 bridgehead atoms. The van der Waals surface area contributed by atoms with E-state index in [9.17, 15) is 4.79 Å². The summed E-state index contributed by atoms with van der Waals surface area (Å²) in [5.74, 6) is 1.83. The van der Waals surface area contributed by atoms with Crippen molar-refractivity contribution in [1.82, 2.24) is 0 Å². The lowest BCUT2D eigenvalue weighted by Gasteiger charge is -2.18. The molecule has 0 unspecified atom stereocenters. The molecule has 0 atom stereocenters. The minimum Gasteiger partial charge on any atom is -0.298 e. The normalized spacial score (nSPS) is 10.2. The van der Waals surface area contributed by atoms with Crippen molar-refractivity contribution in [3.8, 4) is 12.3 Å². The number of hydrogen-bond donors (Lipinski definition) is 0. The van der Waals surface area contributed by atoms with Gasteiger partial charge >= 0.3 is 5.91 Å². The molecule has 0 spiro atoms. The monoisotopic (exact) mass is 261 g/mol. The molecule has 2 heteroatoms. The Labute approximate surface area is 119 Å². The standard InChI is InChI=1S/C18H15NO/c1-2-18(20)19(17-13-7-4-8-14-17)15-9-12-16-10-5-3-6-11-16/h1,3-14H,15H2/b12-9+. The number of anilines is 1. The molecule has 0 radical (unpaired) electrons. The van der Waals surface area contributed by atoms with E-state index >= 15 is 0 Å². The van der Waals surface area contributed by atoms with Gasteiger partial charge in [-0.2, -0.15) is 0 Å². The zero-order valence-corrected chi connectivity index (χ0v) is 11.1. The number of hydrogen-bond acceptors (Lipinski definition) is 1. The van der Waals surface area contributed by atoms with Gasteiger partial charge in [0.2, 0.25) is 0 Å². The second-order valence-corrected chi connectivity index (χ2v) is 4.21. The summed E-state index contributed by atoms with van der Waals surface area (Å²) in [5, 5.41) is 0. The Morgan fingerprint density at radius 3 is 2.25 bits per heavy atom. The van der Waals surface area contributed by atoms with E-state index in [0.29, 0.717) is 6.54 Å². The van der Waals surface area contributed by atoms with Crippen LogP contribution in [0, 0.1) is 12.3 Å². The van der Waals surface area contributed by atoms with Crippen LogP contribution < -0.4 is 4.90 Å². The summed E-state index contributed by atoms with van der Waals surface area (Å²) in [6.07, 6.45) is 9.13. The molecular formula is C18H15NO. The summed E-state index contributed by atoms with van der Waals surface area (Å²) in [6.45, 7) is 0.446. The molecule has 0 aliphatic carbocycles. The molecule has 2 nitrogen and oxygen atoms in total. The molecule has 0 saturated heterocycles. The van der Waals surface area contributed by atoms with Gasteiger partial charge in [-0.25, -0.2) is 0 Å². The second kappa shape index (κ2) is 6.96. The van der Waals surface area contributed by atoms with Crippen LogP contribution in [0.25, 0.3) is 6.08 Å². The average Bonchev–Trinajstić information content (AvgIpc) is 2.53. The summed E-state index contributed by atoms with van der Waals surface area (Å²) >= 11 is 0. The highest BCUT2D eigenvalue weighted by Crippen LogP contribution is 2.13. The zero-order valence-electron chi connectivity index (χ0n) is 11.1. The minimum absolute atomic E-state index is 0.339. The third-order valence-electron chi connectivity index (χ3n) is 2.83. The summed E-state index contributed by atoms with van der Waals surface area (Å²) < 4.78 is 0. The lowest BCUT2D eigenvalue weighted by molar-refractivity contribution is -0.113. The molecule has 20 heavy (non-hydrogen) atoms. The van der Waals surface area contributed by atoms with E-state index in [2.05, 4.69) is 5.92 Å². The lowest BCUT2D eigenvalue weighted by Crippen LogP contribution is -2.29. The van der Waals surface area contributed by atoms with Crippen LogP contribution in [0.2, 0.25) is 0 Å². The Balaban J connectivity index is 2.12. The number of nitrogens with zero attached hydrogens (tertiary/aromatic N) is 1. The first kappa shape index (κ1) is 13.6. The molecule has 0 N–H and O–H groups in total. The third-order valence-corrected chi connectivity index (χ3v) is 2.83. The number of carbonyl (C=O) groups is 1. The van der Waals surface area contributed by atoms with Gasteiger partial charge in [0, 0.05) is 12.2 Å². The van der Waals surface area contributed by atoms with E-state index in [0.717, 1.165) is 11.3 Å². The summed E-state index contributed by atoms with van der Waals surface area (Å²) in [7, 11) is 0. The average molecular weight is 261 g/mol. The SMILES string of the molecule is C#CC(=O)N(C/C=C/c1ccccc1)c1ccccc1. The molecule has 2 rings (SSSR count). The summed E-state index contributed by atoms with van der Waals surface area (Å²) in [6, 6.07) is 19.3. The van der Waals surface area contributed by atoms with Crippen LogP contribution in [0.15, 0.2) is 66.7 Å². The van der Waals surface area contributed by atoms with Gasteiger partial charge in [0.1, 0.15) is 0 Å². The number of amides is 1. The van der Waals surface area contributed by atoms with Gasteiger partial charge in [-0.15, -0.1) is 6.42 Å². The number of para-hydroxylation sites is 1. The predicted molar refractivity (Wildman–Crippen MR) is 83.1 cm³/mol. The zero-order chi connectivity index (χ0) is 14.2. The van der Waals surface area contributed by atoms with Gasteiger partial charge in [-0.1, -0.05) is 60.7 Å². The van der Waals surface area contributed by atoms with Crippen molar-refractivity contribution in [2.24, 2.45) is 0 Å². The van der Waals surface area contributed by atoms with Crippen LogP contribution in [0.3, 0.4) is 0 Å². The molecule has 0 heterocycles. The van der Waals surface area contributed by atoms with E-state index in [1.165, 1.54) is 0 Å². The molecule has 0 aromatic heterocycles. The van der Waals surface area contributed by atoms with Gasteiger partial charge in [0.05, 0.1) is 0 Å². The van der Waals surface area contributed by atoms with Crippen molar-refractivity contribution in [2.45, 2.75) is 0 Å². The molecule has 2 aromatic carbocycles. The number of terminal acetylenes is 1. The minimum atomic E-state index is -0.339. The number of benzene rings is 2. The van der Waals surface area contributed by atoms with Crippen LogP contribution in [0.5, 0.6) is 0 Å². The Morgan fingerprint density at radius 1 is 1.05 bits per heavy atom. The van der Waals surface area contributed by atoms with E-state index < -0.39 is 0 Å². The van der Waals surface area contributed by atoms with Crippen LogP contribution in [0.1, 0.15) is 5.56 Å². The fourth-order valence-corrected chi connectivity index (χ4v) is 1.85. The summed E-state index contributed by atoms with van der Waals surface area (Å²) in [4.78, 5) is 13.4. The fourth-order valence-electron chi connectivity index (χ4n) is 1.85.